The molecule has 0 spiro atoms. The Morgan fingerprint density at radius 2 is 1.35 bits per heavy atom. The van der Waals surface area contributed by atoms with E-state index < -0.39 is 0 Å². The minimum Gasteiger partial charge on any atom is -0.507 e. The Bertz CT molecular complexity index is 2510. The Morgan fingerprint density at radius 1 is 0.625 bits per heavy atom. The molecule has 0 aliphatic heterocycles. The van der Waals surface area contributed by atoms with Crippen LogP contribution in [0.5, 0.6) is 5.75 Å². The summed E-state index contributed by atoms with van der Waals surface area (Å²) in [7, 11) is 0. The number of para-hydroxylation sites is 1. The van der Waals surface area contributed by atoms with Crippen LogP contribution in [0.1, 0.15) is 31.9 Å². The van der Waals surface area contributed by atoms with Gasteiger partial charge in [0.15, 0.2) is 5.58 Å². The highest BCUT2D eigenvalue weighted by Gasteiger charge is 2.19. The molecule has 0 saturated heterocycles. The highest BCUT2D eigenvalue weighted by atomic mass is 16.3. The van der Waals surface area contributed by atoms with E-state index >= 15 is 0 Å². The number of aromatic hydroxyl groups is 1. The van der Waals surface area contributed by atoms with Gasteiger partial charge in [0.25, 0.3) is 0 Å². The largest absolute Gasteiger partial charge is 0.507 e. The normalized spacial score (nSPS) is 12.1. The first-order valence-corrected chi connectivity index (χ1v) is 16.2. The maximum atomic E-state index is 10.6. The molecule has 48 heavy (non-hydrogen) atoms. The lowest BCUT2D eigenvalue weighted by Gasteiger charge is -2.19. The number of fused-ring (bicyclic) bond motifs is 3. The molecule has 4 heteroatoms. The van der Waals surface area contributed by atoms with Crippen molar-refractivity contribution in [1.82, 2.24) is 4.98 Å². The van der Waals surface area contributed by atoms with E-state index in [1.165, 1.54) is 16.2 Å². The topological polar surface area (TPSA) is 58.6 Å². The van der Waals surface area contributed by atoms with Gasteiger partial charge in [-0.2, -0.15) is 0 Å². The Hall–Kier alpha value is -6.00. The molecule has 0 saturated carbocycles. The molecule has 0 amide bonds. The van der Waals surface area contributed by atoms with E-state index in [9.17, 15) is 5.11 Å². The Balaban J connectivity index is 1.30. The molecular weight excluding hydrogens is 588 g/mol. The van der Waals surface area contributed by atoms with E-state index in [1.54, 1.807) is 12.3 Å². The molecule has 7 aromatic carbocycles. The number of hydrogen-bond donors (Lipinski definition) is 1. The van der Waals surface area contributed by atoms with Crippen molar-refractivity contribution in [3.8, 4) is 39.5 Å². The maximum absolute atomic E-state index is 10.6. The Labute approximate surface area is 279 Å². The lowest BCUT2D eigenvalue weighted by molar-refractivity contribution is 0.473. The molecule has 0 radical (unpaired) electrons. The fourth-order valence-corrected chi connectivity index (χ4v) is 6.38. The minimum atomic E-state index is -0.0557. The number of phenolic OH excluding ortho intramolecular Hbond substituents is 1. The quantitative estimate of drug-likeness (QED) is 0.194. The zero-order valence-corrected chi connectivity index (χ0v) is 27.1. The van der Waals surface area contributed by atoms with Gasteiger partial charge in [-0.3, -0.25) is 4.99 Å². The third-order valence-corrected chi connectivity index (χ3v) is 9.03. The van der Waals surface area contributed by atoms with Gasteiger partial charge in [0, 0.05) is 17.3 Å². The Morgan fingerprint density at radius 3 is 2.21 bits per heavy atom. The first-order chi connectivity index (χ1) is 23.3. The van der Waals surface area contributed by atoms with E-state index in [0.29, 0.717) is 22.7 Å². The number of hydrogen-bond acceptors (Lipinski definition) is 4. The minimum absolute atomic E-state index is 0.0557. The van der Waals surface area contributed by atoms with Crippen molar-refractivity contribution in [2.24, 2.45) is 4.99 Å². The third-order valence-electron chi connectivity index (χ3n) is 9.03. The summed E-state index contributed by atoms with van der Waals surface area (Å²) in [6.45, 7) is 6.46. The van der Waals surface area contributed by atoms with Crippen molar-refractivity contribution in [2.75, 3.05) is 0 Å². The van der Waals surface area contributed by atoms with Crippen molar-refractivity contribution in [3.05, 3.63) is 151 Å². The first kappa shape index (κ1) is 29.4. The highest BCUT2D eigenvalue weighted by molar-refractivity contribution is 6.05. The molecule has 0 fully saturated rings. The number of rotatable bonds is 5. The molecule has 232 valence electrons. The smallest absolute Gasteiger partial charge is 0.229 e. The summed E-state index contributed by atoms with van der Waals surface area (Å²) < 4.78 is 6.62. The van der Waals surface area contributed by atoms with Crippen LogP contribution in [-0.2, 0) is 5.41 Å². The Kier molecular flexibility index (Phi) is 7.14. The van der Waals surface area contributed by atoms with Crippen LogP contribution < -0.4 is 0 Å². The molecule has 0 atom stereocenters. The van der Waals surface area contributed by atoms with Gasteiger partial charge >= 0.3 is 0 Å². The second-order valence-corrected chi connectivity index (χ2v) is 13.3. The molecule has 0 aliphatic carbocycles. The van der Waals surface area contributed by atoms with Crippen molar-refractivity contribution in [1.29, 1.82) is 0 Å². The van der Waals surface area contributed by atoms with Gasteiger partial charge in [-0.15, -0.1) is 0 Å². The number of nitrogens with zero attached hydrogens (tertiary/aromatic N) is 2. The van der Waals surface area contributed by atoms with E-state index in [2.05, 4.69) is 118 Å². The van der Waals surface area contributed by atoms with Crippen LogP contribution in [0.2, 0.25) is 0 Å². The van der Waals surface area contributed by atoms with Crippen molar-refractivity contribution < 1.29 is 9.52 Å². The first-order valence-electron chi connectivity index (χ1n) is 16.2. The molecule has 0 aliphatic rings. The number of oxazole rings is 1. The zero-order valence-electron chi connectivity index (χ0n) is 27.1. The fourth-order valence-electron chi connectivity index (χ4n) is 6.38. The zero-order chi connectivity index (χ0) is 32.8. The van der Waals surface area contributed by atoms with Crippen molar-refractivity contribution in [2.45, 2.75) is 26.2 Å². The van der Waals surface area contributed by atoms with Crippen LogP contribution in [-0.4, -0.2) is 16.3 Å². The second kappa shape index (κ2) is 11.7. The summed E-state index contributed by atoms with van der Waals surface area (Å²) in [5.74, 6) is 0.676. The van der Waals surface area contributed by atoms with Gasteiger partial charge in [-0.1, -0.05) is 118 Å². The fraction of sp³-hybridized carbons (Fsp3) is 0.0909. The van der Waals surface area contributed by atoms with Crippen molar-refractivity contribution >= 4 is 44.5 Å². The number of aliphatic imine (C=N–C) groups is 1. The van der Waals surface area contributed by atoms with Crippen LogP contribution >= 0.6 is 0 Å². The lowest BCUT2D eigenvalue weighted by Crippen LogP contribution is -2.11. The van der Waals surface area contributed by atoms with Gasteiger partial charge in [0.1, 0.15) is 11.3 Å². The van der Waals surface area contributed by atoms with Gasteiger partial charge in [0.05, 0.1) is 11.3 Å². The van der Waals surface area contributed by atoms with Gasteiger partial charge in [-0.05, 0) is 91.7 Å². The molecule has 4 nitrogen and oxygen atoms in total. The van der Waals surface area contributed by atoms with E-state index in [4.69, 9.17) is 14.4 Å². The van der Waals surface area contributed by atoms with Gasteiger partial charge in [-0.25, -0.2) is 4.98 Å². The van der Waals surface area contributed by atoms with Crippen LogP contribution in [0.3, 0.4) is 0 Å². The molecule has 1 N–H and O–H groups in total. The monoisotopic (exact) mass is 622 g/mol. The highest BCUT2D eigenvalue weighted by Crippen LogP contribution is 2.41. The second-order valence-electron chi connectivity index (χ2n) is 13.3. The van der Waals surface area contributed by atoms with Crippen LogP contribution in [0.4, 0.5) is 5.69 Å². The predicted octanol–water partition coefficient (Wildman–Crippen LogP) is 11.9. The molecular formula is C44H34N2O2. The number of aromatic nitrogens is 1. The standard InChI is InChI=1S/C44H34N2O2/c1-44(2,3)34-21-22-40(47)33(24-34)27-45-39-18-9-8-16-37(39)43-46-42-38(36-17-10-14-29-12-6-7-15-35(29)36)25-32(26-41(42)48-43)31-20-19-28-11-4-5-13-30(28)23-31/h4-27,47H,1-3H3. The average molecular weight is 623 g/mol. The molecule has 8 aromatic rings. The van der Waals surface area contributed by atoms with E-state index in [-0.39, 0.29) is 11.2 Å². The summed E-state index contributed by atoms with van der Waals surface area (Å²) in [6, 6.07) is 47.7. The van der Waals surface area contributed by atoms with E-state index in [0.717, 1.165) is 44.3 Å². The third kappa shape index (κ3) is 5.41. The van der Waals surface area contributed by atoms with Crippen LogP contribution in [0.15, 0.2) is 149 Å². The van der Waals surface area contributed by atoms with Gasteiger partial charge < -0.3 is 9.52 Å². The average Bonchev–Trinajstić information content (AvgIpc) is 3.54. The molecule has 0 bridgehead atoms. The molecule has 1 aromatic heterocycles. The number of benzene rings is 7. The predicted molar refractivity (Wildman–Crippen MR) is 199 cm³/mol. The lowest BCUT2D eigenvalue weighted by atomic mass is 9.86. The molecule has 8 rings (SSSR count). The maximum Gasteiger partial charge on any atom is 0.229 e. The van der Waals surface area contributed by atoms with Crippen molar-refractivity contribution in [3.63, 3.8) is 0 Å². The molecule has 0 unspecified atom stereocenters. The van der Waals surface area contributed by atoms with Crippen LogP contribution in [0.25, 0.3) is 66.4 Å². The molecule has 1 heterocycles. The SMILES string of the molecule is CC(C)(C)c1ccc(O)c(C=Nc2ccccc2-c2nc3c(-c4cccc5ccccc45)cc(-c4ccc5ccccc5c4)cc3o2)c1. The summed E-state index contributed by atoms with van der Waals surface area (Å²) in [5, 5.41) is 15.3. The van der Waals surface area contributed by atoms with Crippen LogP contribution in [0, 0.1) is 0 Å². The number of phenols is 1. The van der Waals surface area contributed by atoms with E-state index in [1.807, 2.05) is 36.4 Å². The van der Waals surface area contributed by atoms with Gasteiger partial charge in [0.2, 0.25) is 5.89 Å². The summed E-state index contributed by atoms with van der Waals surface area (Å²) in [5.41, 5.74) is 8.96. The summed E-state index contributed by atoms with van der Waals surface area (Å²) in [6.07, 6.45) is 1.71. The summed E-state index contributed by atoms with van der Waals surface area (Å²) in [4.78, 5) is 9.98. The summed E-state index contributed by atoms with van der Waals surface area (Å²) >= 11 is 0.